The van der Waals surface area contributed by atoms with Gasteiger partial charge in [0, 0.05) is 5.69 Å². The molecular weight excluding hydrogens is 218 g/mol. The van der Waals surface area contributed by atoms with Crippen molar-refractivity contribution in [1.29, 1.82) is 5.26 Å². The summed E-state index contributed by atoms with van der Waals surface area (Å²) < 4.78 is 0. The van der Waals surface area contributed by atoms with Gasteiger partial charge < -0.3 is 10.0 Å². The van der Waals surface area contributed by atoms with Gasteiger partial charge in [0.05, 0.1) is 18.2 Å². The zero-order chi connectivity index (χ0) is 12.8. The van der Waals surface area contributed by atoms with E-state index in [4.69, 9.17) is 16.8 Å². The number of aromatic nitrogens is 1. The molecule has 0 unspecified atom stereocenters. The first kappa shape index (κ1) is 12.5. The Morgan fingerprint density at radius 3 is 2.88 bits per heavy atom. The summed E-state index contributed by atoms with van der Waals surface area (Å²) in [5.41, 5.74) is 1.08. The molecule has 17 heavy (non-hydrogen) atoms. The van der Waals surface area contributed by atoms with Crippen molar-refractivity contribution in [2.75, 3.05) is 18.0 Å². The Balaban J connectivity index is 3.10. The summed E-state index contributed by atoms with van der Waals surface area (Å²) in [6, 6.07) is 5.14. The molecule has 0 aliphatic heterocycles. The fourth-order valence-corrected chi connectivity index (χ4v) is 1.37. The number of carboxylic acids is 1. The molecule has 5 heteroatoms. The molecule has 0 saturated carbocycles. The Labute approximate surface area is 99.3 Å². The molecule has 1 rings (SSSR count). The zero-order valence-corrected chi connectivity index (χ0v) is 9.34. The number of carbonyl (C=O) groups is 1. The minimum absolute atomic E-state index is 0.133. The number of pyridine rings is 1. The van der Waals surface area contributed by atoms with Gasteiger partial charge in [-0.05, 0) is 19.1 Å². The number of nitriles is 1. The highest BCUT2D eigenvalue weighted by Crippen LogP contribution is 2.14. The van der Waals surface area contributed by atoms with E-state index in [9.17, 15) is 4.79 Å². The quantitative estimate of drug-likeness (QED) is 0.772. The predicted octanol–water partition coefficient (Wildman–Crippen LogP) is 0.786. The van der Waals surface area contributed by atoms with Crippen molar-refractivity contribution < 1.29 is 9.90 Å². The minimum Gasteiger partial charge on any atom is -0.480 e. The van der Waals surface area contributed by atoms with Crippen LogP contribution in [0.4, 0.5) is 5.82 Å². The number of carboxylic acid groups (broad SMARTS) is 1. The summed E-state index contributed by atoms with van der Waals surface area (Å²) >= 11 is 0. The first-order valence-corrected chi connectivity index (χ1v) is 4.86. The summed E-state index contributed by atoms with van der Waals surface area (Å²) in [6.45, 7) is 1.62. The molecule has 0 bridgehead atoms. The molecule has 0 aliphatic rings. The molecule has 1 heterocycles. The molecule has 0 aliphatic carbocycles. The lowest BCUT2D eigenvalue weighted by atomic mass is 10.2. The molecule has 5 nitrogen and oxygen atoms in total. The van der Waals surface area contributed by atoms with Crippen LogP contribution in [0, 0.1) is 30.6 Å². The van der Waals surface area contributed by atoms with E-state index in [1.165, 1.54) is 11.0 Å². The van der Waals surface area contributed by atoms with E-state index in [0.29, 0.717) is 17.1 Å². The molecule has 0 saturated heterocycles. The van der Waals surface area contributed by atoms with Crippen LogP contribution in [0.2, 0.25) is 0 Å². The molecule has 0 aromatic carbocycles. The number of hydrogen-bond donors (Lipinski definition) is 1. The van der Waals surface area contributed by atoms with Gasteiger partial charge in [0.25, 0.3) is 0 Å². The maximum absolute atomic E-state index is 10.7. The highest BCUT2D eigenvalue weighted by atomic mass is 16.4. The molecular formula is C12H11N3O2. The van der Waals surface area contributed by atoms with Crippen LogP contribution < -0.4 is 4.90 Å². The topological polar surface area (TPSA) is 77.2 Å². The molecule has 1 aromatic heterocycles. The summed E-state index contributed by atoms with van der Waals surface area (Å²) in [5.74, 6) is 1.77. The van der Waals surface area contributed by atoms with E-state index in [-0.39, 0.29) is 13.1 Å². The first-order chi connectivity index (χ1) is 8.06. The number of aryl methyl sites for hydroxylation is 1. The number of anilines is 1. The first-order valence-electron chi connectivity index (χ1n) is 4.86. The van der Waals surface area contributed by atoms with Crippen LogP contribution >= 0.6 is 0 Å². The standard InChI is InChI=1S/C12H11N3O2/c1-3-4-15(8-12(16)17)11-6-10(7-13)5-9(2)14-11/h1,5-6H,4,8H2,2H3,(H,16,17). The zero-order valence-electron chi connectivity index (χ0n) is 9.34. The molecule has 1 N–H and O–H groups in total. The second-order valence-electron chi connectivity index (χ2n) is 3.42. The third-order valence-corrected chi connectivity index (χ3v) is 2.00. The lowest BCUT2D eigenvalue weighted by Gasteiger charge is -2.19. The van der Waals surface area contributed by atoms with Crippen LogP contribution in [0.1, 0.15) is 11.3 Å². The molecule has 0 atom stereocenters. The van der Waals surface area contributed by atoms with Crippen molar-refractivity contribution in [3.63, 3.8) is 0 Å². The van der Waals surface area contributed by atoms with Gasteiger partial charge in [0.15, 0.2) is 0 Å². The average molecular weight is 229 g/mol. The molecule has 0 spiro atoms. The van der Waals surface area contributed by atoms with Gasteiger partial charge in [0.2, 0.25) is 0 Å². The Hall–Kier alpha value is -2.53. The largest absolute Gasteiger partial charge is 0.480 e. The number of hydrogen-bond acceptors (Lipinski definition) is 4. The predicted molar refractivity (Wildman–Crippen MR) is 62.4 cm³/mol. The average Bonchev–Trinajstić information content (AvgIpc) is 2.27. The SMILES string of the molecule is C#CCN(CC(=O)O)c1cc(C#N)cc(C)n1. The lowest BCUT2D eigenvalue weighted by Crippen LogP contribution is -2.30. The summed E-state index contributed by atoms with van der Waals surface area (Å²) in [5, 5.41) is 17.6. The Morgan fingerprint density at radius 2 is 2.35 bits per heavy atom. The summed E-state index contributed by atoms with van der Waals surface area (Å²) in [4.78, 5) is 16.3. The van der Waals surface area contributed by atoms with Crippen molar-refractivity contribution in [1.82, 2.24) is 4.98 Å². The van der Waals surface area contributed by atoms with Crippen molar-refractivity contribution in [3.8, 4) is 18.4 Å². The van der Waals surface area contributed by atoms with E-state index >= 15 is 0 Å². The van der Waals surface area contributed by atoms with Gasteiger partial charge in [-0.3, -0.25) is 4.79 Å². The van der Waals surface area contributed by atoms with Gasteiger partial charge in [-0.25, -0.2) is 4.98 Å². The Morgan fingerprint density at radius 1 is 1.65 bits per heavy atom. The summed E-state index contributed by atoms with van der Waals surface area (Å²) in [6.07, 6.45) is 5.17. The van der Waals surface area contributed by atoms with Crippen LogP contribution in [0.3, 0.4) is 0 Å². The van der Waals surface area contributed by atoms with Gasteiger partial charge in [-0.2, -0.15) is 5.26 Å². The Bertz CT molecular complexity index is 511. The van der Waals surface area contributed by atoms with E-state index in [0.717, 1.165) is 0 Å². The maximum atomic E-state index is 10.7. The molecule has 0 radical (unpaired) electrons. The number of nitrogens with zero attached hydrogens (tertiary/aromatic N) is 3. The number of rotatable bonds is 4. The van der Waals surface area contributed by atoms with Crippen LogP contribution in [0.15, 0.2) is 12.1 Å². The lowest BCUT2D eigenvalue weighted by molar-refractivity contribution is -0.135. The minimum atomic E-state index is -0.998. The molecule has 0 fully saturated rings. The number of terminal acetylenes is 1. The smallest absolute Gasteiger partial charge is 0.323 e. The monoisotopic (exact) mass is 229 g/mol. The highest BCUT2D eigenvalue weighted by Gasteiger charge is 2.12. The van der Waals surface area contributed by atoms with Crippen molar-refractivity contribution in [3.05, 3.63) is 23.4 Å². The Kier molecular flexibility index (Phi) is 4.08. The van der Waals surface area contributed by atoms with Gasteiger partial charge in [0.1, 0.15) is 12.4 Å². The van der Waals surface area contributed by atoms with Gasteiger partial charge >= 0.3 is 5.97 Å². The fourth-order valence-electron chi connectivity index (χ4n) is 1.37. The second-order valence-corrected chi connectivity index (χ2v) is 3.42. The van der Waals surface area contributed by atoms with Crippen molar-refractivity contribution in [2.24, 2.45) is 0 Å². The van der Waals surface area contributed by atoms with Crippen LogP contribution in [-0.2, 0) is 4.79 Å². The van der Waals surface area contributed by atoms with E-state index in [1.54, 1.807) is 13.0 Å². The van der Waals surface area contributed by atoms with Crippen molar-refractivity contribution >= 4 is 11.8 Å². The van der Waals surface area contributed by atoms with E-state index in [2.05, 4.69) is 10.9 Å². The molecule has 0 amide bonds. The fraction of sp³-hybridized carbons (Fsp3) is 0.250. The van der Waals surface area contributed by atoms with E-state index in [1.807, 2.05) is 6.07 Å². The van der Waals surface area contributed by atoms with Crippen LogP contribution in [0.25, 0.3) is 0 Å². The second kappa shape index (κ2) is 5.53. The molecule has 1 aromatic rings. The molecule has 86 valence electrons. The third kappa shape index (κ3) is 3.51. The summed E-state index contributed by atoms with van der Waals surface area (Å²) in [7, 11) is 0. The van der Waals surface area contributed by atoms with E-state index < -0.39 is 5.97 Å². The van der Waals surface area contributed by atoms with Crippen LogP contribution in [-0.4, -0.2) is 29.1 Å². The maximum Gasteiger partial charge on any atom is 0.323 e. The number of aliphatic carboxylic acids is 1. The normalized spacial score (nSPS) is 9.12. The van der Waals surface area contributed by atoms with Gasteiger partial charge in [-0.1, -0.05) is 5.92 Å². The van der Waals surface area contributed by atoms with Crippen molar-refractivity contribution in [2.45, 2.75) is 6.92 Å². The van der Waals surface area contributed by atoms with Gasteiger partial charge in [-0.15, -0.1) is 6.42 Å². The third-order valence-electron chi connectivity index (χ3n) is 2.00. The highest BCUT2D eigenvalue weighted by molar-refractivity contribution is 5.73. The van der Waals surface area contributed by atoms with Crippen LogP contribution in [0.5, 0.6) is 0 Å².